The summed E-state index contributed by atoms with van der Waals surface area (Å²) in [5, 5.41) is 0. The molecule has 3 rings (SSSR count). The van der Waals surface area contributed by atoms with Crippen LogP contribution in [0.1, 0.15) is 37.2 Å². The lowest BCUT2D eigenvalue weighted by molar-refractivity contribution is 0.247. The molecule has 0 aromatic heterocycles. The van der Waals surface area contributed by atoms with E-state index in [1.165, 1.54) is 5.56 Å². The molecule has 3 nitrogen and oxygen atoms in total. The summed E-state index contributed by atoms with van der Waals surface area (Å²) >= 11 is 0. The van der Waals surface area contributed by atoms with Crippen LogP contribution >= 0.6 is 0 Å². The Bertz CT molecular complexity index is 600. The molecule has 122 valence electrons. The molecule has 1 aromatic rings. The average Bonchev–Trinajstić information content (AvgIpc) is 2.69. The molecule has 22 heavy (non-hydrogen) atoms. The van der Waals surface area contributed by atoms with Crippen LogP contribution in [0.5, 0.6) is 0 Å². The highest BCUT2D eigenvalue weighted by Crippen LogP contribution is 2.29. The van der Waals surface area contributed by atoms with Crippen molar-refractivity contribution in [2.75, 3.05) is 31.1 Å². The fourth-order valence-corrected chi connectivity index (χ4v) is 5.64. The van der Waals surface area contributed by atoms with Crippen molar-refractivity contribution in [2.45, 2.75) is 31.6 Å². The molecule has 2 aliphatic heterocycles. The molecule has 2 heterocycles. The van der Waals surface area contributed by atoms with E-state index in [-0.39, 0.29) is 5.82 Å². The standard InChI is InChI=1S/C17H24FNO2S/c18-17-5-3-16(4-6-17)15-2-1-9-19(10-7-15)12-14-8-11-22(20,21)13-14/h3-6,14-15H,1-2,7-13H2/t14-,15+/m1/s1. The van der Waals surface area contributed by atoms with Gasteiger partial charge in [0.15, 0.2) is 9.84 Å². The largest absolute Gasteiger partial charge is 0.303 e. The van der Waals surface area contributed by atoms with Gasteiger partial charge in [0.25, 0.3) is 0 Å². The number of halogens is 1. The van der Waals surface area contributed by atoms with Gasteiger partial charge in [0.1, 0.15) is 5.82 Å². The molecule has 0 unspecified atom stereocenters. The fraction of sp³-hybridized carbons (Fsp3) is 0.647. The van der Waals surface area contributed by atoms with Crippen LogP contribution in [0.2, 0.25) is 0 Å². The van der Waals surface area contributed by atoms with Gasteiger partial charge in [-0.15, -0.1) is 0 Å². The number of sulfone groups is 1. The van der Waals surface area contributed by atoms with Crippen LogP contribution < -0.4 is 0 Å². The Hall–Kier alpha value is -0.940. The van der Waals surface area contributed by atoms with Crippen LogP contribution in [-0.2, 0) is 9.84 Å². The molecule has 2 aliphatic rings. The van der Waals surface area contributed by atoms with Crippen LogP contribution in [0, 0.1) is 11.7 Å². The highest BCUT2D eigenvalue weighted by Gasteiger charge is 2.30. The van der Waals surface area contributed by atoms with Crippen LogP contribution in [0.3, 0.4) is 0 Å². The highest BCUT2D eigenvalue weighted by molar-refractivity contribution is 7.91. The van der Waals surface area contributed by atoms with Crippen molar-refractivity contribution in [2.24, 2.45) is 5.92 Å². The van der Waals surface area contributed by atoms with Gasteiger partial charge in [-0.25, -0.2) is 12.8 Å². The summed E-state index contributed by atoms with van der Waals surface area (Å²) in [5.41, 5.74) is 1.23. The first kappa shape index (κ1) is 15.9. The maximum atomic E-state index is 13.0. The van der Waals surface area contributed by atoms with Gasteiger partial charge in [-0.3, -0.25) is 0 Å². The molecule has 0 N–H and O–H groups in total. The highest BCUT2D eigenvalue weighted by atomic mass is 32.2. The van der Waals surface area contributed by atoms with Gasteiger partial charge in [-0.2, -0.15) is 0 Å². The first-order valence-corrected chi connectivity index (χ1v) is 10.0. The minimum absolute atomic E-state index is 0.179. The van der Waals surface area contributed by atoms with Crippen LogP contribution in [-0.4, -0.2) is 44.5 Å². The third-order valence-corrected chi connectivity index (χ3v) is 6.84. The van der Waals surface area contributed by atoms with Crippen LogP contribution in [0.4, 0.5) is 4.39 Å². The maximum absolute atomic E-state index is 13.0. The number of likely N-dealkylation sites (tertiary alicyclic amines) is 1. The molecule has 0 radical (unpaired) electrons. The van der Waals surface area contributed by atoms with Crippen molar-refractivity contribution in [1.29, 1.82) is 0 Å². The first-order chi connectivity index (χ1) is 10.5. The number of benzene rings is 1. The van der Waals surface area contributed by atoms with Gasteiger partial charge in [-0.1, -0.05) is 12.1 Å². The minimum Gasteiger partial charge on any atom is -0.303 e. The Morgan fingerprint density at radius 3 is 2.55 bits per heavy atom. The molecule has 2 saturated heterocycles. The monoisotopic (exact) mass is 325 g/mol. The Kier molecular flexibility index (Phi) is 4.83. The van der Waals surface area contributed by atoms with E-state index in [0.29, 0.717) is 23.3 Å². The van der Waals surface area contributed by atoms with Crippen molar-refractivity contribution in [3.63, 3.8) is 0 Å². The number of nitrogens with zero attached hydrogens (tertiary/aromatic N) is 1. The minimum atomic E-state index is -2.78. The number of rotatable bonds is 3. The van der Waals surface area contributed by atoms with Gasteiger partial charge < -0.3 is 4.90 Å². The first-order valence-electron chi connectivity index (χ1n) is 8.20. The molecule has 0 bridgehead atoms. The second kappa shape index (κ2) is 6.67. The smallest absolute Gasteiger partial charge is 0.150 e. The van der Waals surface area contributed by atoms with Crippen LogP contribution in [0.15, 0.2) is 24.3 Å². The summed E-state index contributed by atoms with van der Waals surface area (Å²) in [6, 6.07) is 6.89. The Balaban J connectivity index is 1.55. The van der Waals surface area contributed by atoms with Crippen molar-refractivity contribution < 1.29 is 12.8 Å². The molecular formula is C17H24FNO2S. The zero-order chi connectivity index (χ0) is 15.6. The van der Waals surface area contributed by atoms with E-state index < -0.39 is 9.84 Å². The van der Waals surface area contributed by atoms with E-state index >= 15 is 0 Å². The van der Waals surface area contributed by atoms with E-state index in [0.717, 1.165) is 45.3 Å². The van der Waals surface area contributed by atoms with Gasteiger partial charge in [0.05, 0.1) is 11.5 Å². The van der Waals surface area contributed by atoms with Gasteiger partial charge in [0.2, 0.25) is 0 Å². The van der Waals surface area contributed by atoms with Gasteiger partial charge in [-0.05, 0) is 68.3 Å². The maximum Gasteiger partial charge on any atom is 0.150 e. The lowest BCUT2D eigenvalue weighted by Crippen LogP contribution is -2.31. The number of hydrogen-bond acceptors (Lipinski definition) is 3. The summed E-state index contributed by atoms with van der Waals surface area (Å²) in [7, 11) is -2.78. The molecule has 0 spiro atoms. The molecule has 2 atom stereocenters. The van der Waals surface area contributed by atoms with Crippen molar-refractivity contribution in [3.8, 4) is 0 Å². The Morgan fingerprint density at radius 2 is 1.86 bits per heavy atom. The van der Waals surface area contributed by atoms with Gasteiger partial charge >= 0.3 is 0 Å². The third kappa shape index (κ3) is 4.07. The predicted octanol–water partition coefficient (Wildman–Crippen LogP) is 2.83. The third-order valence-electron chi connectivity index (χ3n) is 5.01. The SMILES string of the molecule is O=S1(=O)CC[C@H](CN2CCC[C@H](c3ccc(F)cc3)CC2)C1. The van der Waals surface area contributed by atoms with E-state index in [4.69, 9.17) is 0 Å². The molecule has 5 heteroatoms. The van der Waals surface area contributed by atoms with Crippen molar-refractivity contribution >= 4 is 9.84 Å². The Morgan fingerprint density at radius 1 is 1.09 bits per heavy atom. The lowest BCUT2D eigenvalue weighted by atomic mass is 9.92. The lowest BCUT2D eigenvalue weighted by Gasteiger charge is -2.23. The second-order valence-corrected chi connectivity index (χ2v) is 8.98. The fourth-order valence-electron chi connectivity index (χ4n) is 3.79. The predicted molar refractivity (Wildman–Crippen MR) is 86.2 cm³/mol. The van der Waals surface area contributed by atoms with E-state index in [9.17, 15) is 12.8 Å². The normalized spacial score (nSPS) is 29.3. The van der Waals surface area contributed by atoms with E-state index in [1.54, 1.807) is 12.1 Å². The summed E-state index contributed by atoms with van der Waals surface area (Å²) in [5.74, 6) is 1.36. The van der Waals surface area contributed by atoms with Crippen LogP contribution in [0.25, 0.3) is 0 Å². The summed E-state index contributed by atoms with van der Waals surface area (Å²) in [6.45, 7) is 2.97. The summed E-state index contributed by atoms with van der Waals surface area (Å²) in [4.78, 5) is 2.43. The molecule has 0 amide bonds. The molecule has 0 saturated carbocycles. The molecular weight excluding hydrogens is 301 g/mol. The van der Waals surface area contributed by atoms with Gasteiger partial charge in [0, 0.05) is 6.54 Å². The molecule has 2 fully saturated rings. The van der Waals surface area contributed by atoms with Crippen molar-refractivity contribution in [1.82, 2.24) is 4.90 Å². The van der Waals surface area contributed by atoms with Crippen molar-refractivity contribution in [3.05, 3.63) is 35.6 Å². The summed E-state index contributed by atoms with van der Waals surface area (Å²) in [6.07, 6.45) is 4.15. The zero-order valence-electron chi connectivity index (χ0n) is 12.9. The topological polar surface area (TPSA) is 37.4 Å². The number of hydrogen-bond donors (Lipinski definition) is 0. The molecule has 1 aromatic carbocycles. The summed E-state index contributed by atoms with van der Waals surface area (Å²) < 4.78 is 36.2. The Labute approximate surface area is 132 Å². The quantitative estimate of drug-likeness (QED) is 0.857. The van der Waals surface area contributed by atoms with E-state index in [2.05, 4.69) is 4.90 Å². The second-order valence-electron chi connectivity index (χ2n) is 6.75. The average molecular weight is 325 g/mol. The van der Waals surface area contributed by atoms with E-state index in [1.807, 2.05) is 12.1 Å². The molecule has 0 aliphatic carbocycles. The zero-order valence-corrected chi connectivity index (χ0v) is 13.7.